The van der Waals surface area contributed by atoms with E-state index in [0.29, 0.717) is 19.5 Å². The largest absolute Gasteiger partial charge is 0.393 e. The van der Waals surface area contributed by atoms with Crippen LogP contribution >= 0.6 is 0 Å². The number of rotatable bonds is 7. The Hall–Kier alpha value is -1.50. The monoisotopic (exact) mass is 303 g/mol. The summed E-state index contributed by atoms with van der Waals surface area (Å²) in [7, 11) is 1.53. The van der Waals surface area contributed by atoms with E-state index in [1.165, 1.54) is 22.8 Å². The van der Waals surface area contributed by atoms with Gasteiger partial charge in [-0.15, -0.1) is 0 Å². The Morgan fingerprint density at radius 2 is 2.05 bits per heavy atom. The summed E-state index contributed by atoms with van der Waals surface area (Å²) in [5, 5.41) is 13.1. The molecule has 0 fully saturated rings. The lowest BCUT2D eigenvalue weighted by Gasteiger charge is -2.18. The van der Waals surface area contributed by atoms with Gasteiger partial charge in [0.2, 0.25) is 0 Å². The molecule has 5 nitrogen and oxygen atoms in total. The van der Waals surface area contributed by atoms with Gasteiger partial charge in [-0.05, 0) is 19.3 Å². The Balaban J connectivity index is 2.96. The zero-order chi connectivity index (χ0) is 16.2. The first kappa shape index (κ1) is 17.6. The van der Waals surface area contributed by atoms with Gasteiger partial charge >= 0.3 is 0 Å². The van der Waals surface area contributed by atoms with E-state index in [1.54, 1.807) is 6.92 Å². The lowest BCUT2D eigenvalue weighted by atomic mass is 10.2. The number of carbonyl (C=O) groups excluding carboxylic acids is 1. The molecule has 1 aromatic heterocycles. The highest BCUT2D eigenvalue weighted by molar-refractivity contribution is 5.95. The fraction of sp³-hybridized carbons (Fsp3) is 0.714. The molecular formula is C14H23F2N3O2. The number of hydrogen-bond acceptors (Lipinski definition) is 3. The first-order valence-electron chi connectivity index (χ1n) is 7.01. The predicted molar refractivity (Wildman–Crippen MR) is 75.3 cm³/mol. The van der Waals surface area contributed by atoms with Gasteiger partial charge in [0.15, 0.2) is 0 Å². The highest BCUT2D eigenvalue weighted by atomic mass is 19.3. The van der Waals surface area contributed by atoms with E-state index in [2.05, 4.69) is 5.10 Å². The smallest absolute Gasteiger partial charge is 0.280 e. The van der Waals surface area contributed by atoms with Gasteiger partial charge in [-0.2, -0.15) is 5.10 Å². The molecule has 120 valence electrons. The van der Waals surface area contributed by atoms with Crippen molar-refractivity contribution in [3.05, 3.63) is 17.5 Å². The summed E-state index contributed by atoms with van der Waals surface area (Å²) in [6.07, 6.45) is -1.70. The second kappa shape index (κ2) is 7.49. The van der Waals surface area contributed by atoms with E-state index in [-0.39, 0.29) is 17.2 Å². The molecule has 0 spiro atoms. The zero-order valence-corrected chi connectivity index (χ0v) is 12.9. The lowest BCUT2D eigenvalue weighted by molar-refractivity contribution is 0.0753. The number of nitrogens with zero attached hydrogens (tertiary/aromatic N) is 3. The molecule has 1 N–H and O–H groups in total. The first-order chi connectivity index (χ1) is 9.73. The van der Waals surface area contributed by atoms with E-state index in [1.807, 2.05) is 13.8 Å². The Morgan fingerprint density at radius 1 is 1.43 bits per heavy atom. The molecule has 1 heterocycles. The molecule has 1 rings (SSSR count). The minimum absolute atomic E-state index is 0.0706. The third-order valence-electron chi connectivity index (χ3n) is 3.08. The summed E-state index contributed by atoms with van der Waals surface area (Å²) in [5.74, 6) is -0.348. The Morgan fingerprint density at radius 3 is 2.52 bits per heavy atom. The summed E-state index contributed by atoms with van der Waals surface area (Å²) in [5.41, 5.74) is -0.406. The van der Waals surface area contributed by atoms with Crippen molar-refractivity contribution in [1.82, 2.24) is 14.7 Å². The normalized spacial score (nSPS) is 13.0. The van der Waals surface area contributed by atoms with Crippen LogP contribution in [0.3, 0.4) is 0 Å². The summed E-state index contributed by atoms with van der Waals surface area (Å²) in [4.78, 5) is 13.6. The van der Waals surface area contributed by atoms with Crippen LogP contribution in [0.15, 0.2) is 6.20 Å². The van der Waals surface area contributed by atoms with Crippen LogP contribution in [0.4, 0.5) is 8.78 Å². The average Bonchev–Trinajstić information content (AvgIpc) is 2.77. The van der Waals surface area contributed by atoms with Crippen LogP contribution in [0.1, 0.15) is 49.7 Å². The van der Waals surface area contributed by atoms with Crippen molar-refractivity contribution in [2.24, 2.45) is 5.92 Å². The summed E-state index contributed by atoms with van der Waals surface area (Å²) >= 11 is 0. The molecule has 0 saturated heterocycles. The van der Waals surface area contributed by atoms with Crippen molar-refractivity contribution in [2.75, 3.05) is 13.6 Å². The van der Waals surface area contributed by atoms with E-state index < -0.39 is 18.4 Å². The molecule has 0 radical (unpaired) electrons. The van der Waals surface area contributed by atoms with Gasteiger partial charge in [0.05, 0.1) is 17.9 Å². The van der Waals surface area contributed by atoms with Crippen LogP contribution in [-0.4, -0.2) is 45.4 Å². The van der Waals surface area contributed by atoms with Crippen molar-refractivity contribution >= 4 is 5.91 Å². The second-order valence-electron chi connectivity index (χ2n) is 5.68. The highest BCUT2D eigenvalue weighted by Gasteiger charge is 2.26. The van der Waals surface area contributed by atoms with E-state index in [0.717, 1.165) is 0 Å². The second-order valence-corrected chi connectivity index (χ2v) is 5.68. The van der Waals surface area contributed by atoms with Crippen molar-refractivity contribution in [3.8, 4) is 0 Å². The number of hydrogen-bond donors (Lipinski definition) is 1. The fourth-order valence-electron chi connectivity index (χ4n) is 1.97. The summed E-state index contributed by atoms with van der Waals surface area (Å²) < 4.78 is 27.7. The van der Waals surface area contributed by atoms with Crippen LogP contribution in [0, 0.1) is 5.92 Å². The van der Waals surface area contributed by atoms with Crippen LogP contribution in [0.5, 0.6) is 0 Å². The molecule has 0 bridgehead atoms. The fourth-order valence-corrected chi connectivity index (χ4v) is 1.97. The number of aromatic nitrogens is 2. The molecule has 1 unspecified atom stereocenters. The predicted octanol–water partition coefficient (Wildman–Crippen LogP) is 2.32. The Kier molecular flexibility index (Phi) is 6.26. The van der Waals surface area contributed by atoms with Crippen molar-refractivity contribution in [2.45, 2.75) is 46.3 Å². The molecule has 1 amide bonds. The van der Waals surface area contributed by atoms with E-state index >= 15 is 0 Å². The third kappa shape index (κ3) is 4.77. The van der Waals surface area contributed by atoms with Crippen LogP contribution in [-0.2, 0) is 6.54 Å². The topological polar surface area (TPSA) is 58.4 Å². The Bertz CT molecular complexity index is 473. The average molecular weight is 303 g/mol. The van der Waals surface area contributed by atoms with E-state index in [9.17, 15) is 18.7 Å². The van der Waals surface area contributed by atoms with Gasteiger partial charge in [-0.3, -0.25) is 9.48 Å². The summed E-state index contributed by atoms with van der Waals surface area (Å²) in [6.45, 7) is 6.04. The van der Waals surface area contributed by atoms with E-state index in [4.69, 9.17) is 0 Å². The molecular weight excluding hydrogens is 280 g/mol. The SMILES string of the molecule is CC(C)Cn1ncc(C(=O)N(C)CCC(C)O)c1C(F)F. The van der Waals surface area contributed by atoms with Gasteiger partial charge in [-0.25, -0.2) is 8.78 Å². The van der Waals surface area contributed by atoms with Crippen molar-refractivity contribution in [1.29, 1.82) is 0 Å². The van der Waals surface area contributed by atoms with Gasteiger partial charge in [0.25, 0.3) is 12.3 Å². The molecule has 0 aliphatic carbocycles. The number of carbonyl (C=O) groups is 1. The maximum atomic E-state index is 13.2. The first-order valence-corrected chi connectivity index (χ1v) is 7.01. The summed E-state index contributed by atoms with van der Waals surface area (Å²) in [6, 6.07) is 0. The quantitative estimate of drug-likeness (QED) is 0.841. The number of amides is 1. The maximum Gasteiger partial charge on any atom is 0.280 e. The molecule has 0 aliphatic heterocycles. The maximum absolute atomic E-state index is 13.2. The van der Waals surface area contributed by atoms with Gasteiger partial charge < -0.3 is 10.0 Å². The van der Waals surface area contributed by atoms with Gasteiger partial charge in [-0.1, -0.05) is 13.8 Å². The number of alkyl halides is 2. The molecule has 0 aliphatic rings. The van der Waals surface area contributed by atoms with Gasteiger partial charge in [0, 0.05) is 20.1 Å². The van der Waals surface area contributed by atoms with Gasteiger partial charge in [0.1, 0.15) is 5.69 Å². The highest BCUT2D eigenvalue weighted by Crippen LogP contribution is 2.24. The molecule has 1 aromatic rings. The molecule has 0 saturated carbocycles. The number of halogens is 2. The minimum Gasteiger partial charge on any atom is -0.393 e. The minimum atomic E-state index is -2.75. The number of aliphatic hydroxyl groups is 1. The third-order valence-corrected chi connectivity index (χ3v) is 3.08. The van der Waals surface area contributed by atoms with Crippen LogP contribution < -0.4 is 0 Å². The van der Waals surface area contributed by atoms with Crippen LogP contribution in [0.25, 0.3) is 0 Å². The molecule has 7 heteroatoms. The lowest BCUT2D eigenvalue weighted by Crippen LogP contribution is -2.30. The zero-order valence-electron chi connectivity index (χ0n) is 12.9. The standard InChI is InChI=1S/C14H23F2N3O2/c1-9(2)8-19-12(13(15)16)11(7-17-19)14(21)18(4)6-5-10(3)20/h7,9-10,13,20H,5-6,8H2,1-4H3. The number of aliphatic hydroxyl groups excluding tert-OH is 1. The Labute approximate surface area is 123 Å². The molecule has 1 atom stereocenters. The van der Waals surface area contributed by atoms with Crippen molar-refractivity contribution < 1.29 is 18.7 Å². The molecule has 21 heavy (non-hydrogen) atoms. The molecule has 0 aromatic carbocycles. The van der Waals surface area contributed by atoms with Crippen molar-refractivity contribution in [3.63, 3.8) is 0 Å². The van der Waals surface area contributed by atoms with Crippen LogP contribution in [0.2, 0.25) is 0 Å².